The van der Waals surface area contributed by atoms with Crippen LogP contribution in [0.3, 0.4) is 0 Å². The highest BCUT2D eigenvalue weighted by molar-refractivity contribution is 5.47. The van der Waals surface area contributed by atoms with Crippen molar-refractivity contribution >= 4 is 11.6 Å². The van der Waals surface area contributed by atoms with Gasteiger partial charge in [0.1, 0.15) is 24.1 Å². The molecule has 0 aliphatic carbocycles. The van der Waals surface area contributed by atoms with Gasteiger partial charge in [0.15, 0.2) is 5.82 Å². The van der Waals surface area contributed by atoms with Gasteiger partial charge in [0.05, 0.1) is 0 Å². The molecule has 0 atom stereocenters. The zero-order chi connectivity index (χ0) is 14.4. The molecule has 6 heteroatoms. The van der Waals surface area contributed by atoms with Crippen LogP contribution in [0.15, 0.2) is 30.3 Å². The number of methoxy groups -OCH3 is 1. The van der Waals surface area contributed by atoms with Crippen molar-refractivity contribution in [2.45, 2.75) is 13.2 Å². The van der Waals surface area contributed by atoms with E-state index in [1.807, 2.05) is 6.07 Å². The molecule has 20 heavy (non-hydrogen) atoms. The van der Waals surface area contributed by atoms with E-state index in [0.29, 0.717) is 30.6 Å². The van der Waals surface area contributed by atoms with Crippen LogP contribution in [0.5, 0.6) is 0 Å². The standard InChI is InChI=1S/C14H17FN4O/c1-16-12-7-13(19-14(18-12)9-20-2)17-8-10-3-5-11(15)6-4-10/h3-7H,8-9H2,1-2H3,(H2,16,17,18,19). The van der Waals surface area contributed by atoms with Crippen LogP contribution >= 0.6 is 0 Å². The van der Waals surface area contributed by atoms with Crippen molar-refractivity contribution in [1.29, 1.82) is 0 Å². The van der Waals surface area contributed by atoms with Crippen molar-refractivity contribution in [2.24, 2.45) is 0 Å². The first kappa shape index (κ1) is 14.2. The summed E-state index contributed by atoms with van der Waals surface area (Å²) >= 11 is 0. The van der Waals surface area contributed by atoms with Gasteiger partial charge in [-0.1, -0.05) is 12.1 Å². The molecule has 0 saturated carbocycles. The first-order valence-corrected chi connectivity index (χ1v) is 6.24. The first-order chi connectivity index (χ1) is 9.71. The number of hydrogen-bond donors (Lipinski definition) is 2. The maximum Gasteiger partial charge on any atom is 0.158 e. The highest BCUT2D eigenvalue weighted by Gasteiger charge is 2.04. The fraction of sp³-hybridized carbons (Fsp3) is 0.286. The van der Waals surface area contributed by atoms with Crippen LogP contribution in [-0.2, 0) is 17.9 Å². The van der Waals surface area contributed by atoms with Gasteiger partial charge >= 0.3 is 0 Å². The maximum atomic E-state index is 12.8. The van der Waals surface area contributed by atoms with Crippen LogP contribution in [0.1, 0.15) is 11.4 Å². The van der Waals surface area contributed by atoms with Gasteiger partial charge in [0.25, 0.3) is 0 Å². The lowest BCUT2D eigenvalue weighted by Crippen LogP contribution is -2.07. The van der Waals surface area contributed by atoms with E-state index in [1.165, 1.54) is 12.1 Å². The van der Waals surface area contributed by atoms with Crippen molar-refractivity contribution in [2.75, 3.05) is 24.8 Å². The molecule has 0 unspecified atom stereocenters. The molecule has 0 amide bonds. The molecule has 1 heterocycles. The van der Waals surface area contributed by atoms with E-state index in [9.17, 15) is 4.39 Å². The van der Waals surface area contributed by atoms with Crippen LogP contribution in [0.4, 0.5) is 16.0 Å². The molecule has 2 rings (SSSR count). The zero-order valence-corrected chi connectivity index (χ0v) is 11.5. The number of benzene rings is 1. The molecule has 2 aromatic rings. The van der Waals surface area contributed by atoms with Crippen LogP contribution in [0.25, 0.3) is 0 Å². The minimum atomic E-state index is -0.240. The molecule has 5 nitrogen and oxygen atoms in total. The fourth-order valence-electron chi connectivity index (χ4n) is 1.70. The average molecular weight is 276 g/mol. The lowest BCUT2D eigenvalue weighted by molar-refractivity contribution is 0.178. The molecule has 106 valence electrons. The Bertz CT molecular complexity index is 560. The van der Waals surface area contributed by atoms with E-state index < -0.39 is 0 Å². The van der Waals surface area contributed by atoms with Gasteiger partial charge in [-0.3, -0.25) is 0 Å². The maximum absolute atomic E-state index is 12.8. The number of nitrogens with zero attached hydrogens (tertiary/aromatic N) is 2. The van der Waals surface area contributed by atoms with Crippen LogP contribution < -0.4 is 10.6 Å². The molecule has 2 N–H and O–H groups in total. The number of halogens is 1. The number of aromatic nitrogens is 2. The van der Waals surface area contributed by atoms with Gasteiger partial charge in [0.2, 0.25) is 0 Å². The smallest absolute Gasteiger partial charge is 0.158 e. The number of rotatable bonds is 6. The van der Waals surface area contributed by atoms with E-state index in [2.05, 4.69) is 20.6 Å². The molecule has 1 aromatic carbocycles. The Labute approximate surface area is 117 Å². The Morgan fingerprint density at radius 1 is 1.15 bits per heavy atom. The third-order valence-electron chi connectivity index (χ3n) is 2.69. The second-order valence-corrected chi connectivity index (χ2v) is 4.22. The van der Waals surface area contributed by atoms with Gasteiger partial charge in [0, 0.05) is 26.8 Å². The summed E-state index contributed by atoms with van der Waals surface area (Å²) in [5.41, 5.74) is 0.976. The van der Waals surface area contributed by atoms with E-state index in [4.69, 9.17) is 4.74 Å². The summed E-state index contributed by atoms with van der Waals surface area (Å²) in [5, 5.41) is 6.16. The lowest BCUT2D eigenvalue weighted by Gasteiger charge is -2.09. The zero-order valence-electron chi connectivity index (χ0n) is 11.5. The molecule has 0 radical (unpaired) electrons. The van der Waals surface area contributed by atoms with Gasteiger partial charge in [-0.2, -0.15) is 0 Å². The normalized spacial score (nSPS) is 10.3. The Balaban J connectivity index is 2.07. The summed E-state index contributed by atoms with van der Waals surface area (Å²) in [4.78, 5) is 8.61. The molecule has 0 spiro atoms. The van der Waals surface area contributed by atoms with Crippen molar-refractivity contribution in [3.63, 3.8) is 0 Å². The first-order valence-electron chi connectivity index (χ1n) is 6.24. The van der Waals surface area contributed by atoms with Crippen molar-refractivity contribution < 1.29 is 9.13 Å². The Kier molecular flexibility index (Phi) is 4.84. The summed E-state index contributed by atoms with van der Waals surface area (Å²) in [5.74, 6) is 1.77. The summed E-state index contributed by atoms with van der Waals surface area (Å²) < 4.78 is 17.9. The Morgan fingerprint density at radius 3 is 2.50 bits per heavy atom. The fourth-order valence-corrected chi connectivity index (χ4v) is 1.70. The van der Waals surface area contributed by atoms with Crippen LogP contribution in [0, 0.1) is 5.82 Å². The number of anilines is 2. The van der Waals surface area contributed by atoms with Gasteiger partial charge in [-0.15, -0.1) is 0 Å². The third kappa shape index (κ3) is 3.89. The molecule has 0 bridgehead atoms. The quantitative estimate of drug-likeness (QED) is 0.848. The predicted octanol–water partition coefficient (Wildman–Crippen LogP) is 2.42. The minimum absolute atomic E-state index is 0.240. The van der Waals surface area contributed by atoms with Crippen molar-refractivity contribution in [1.82, 2.24) is 9.97 Å². The topological polar surface area (TPSA) is 59.1 Å². The molecule has 0 saturated heterocycles. The average Bonchev–Trinajstić information content (AvgIpc) is 2.47. The summed E-state index contributed by atoms with van der Waals surface area (Å²) in [6.07, 6.45) is 0. The highest BCUT2D eigenvalue weighted by Crippen LogP contribution is 2.13. The SMILES string of the molecule is CNc1cc(NCc2ccc(F)cc2)nc(COC)n1. The lowest BCUT2D eigenvalue weighted by atomic mass is 10.2. The summed E-state index contributed by atoms with van der Waals surface area (Å²) in [6.45, 7) is 0.910. The number of hydrogen-bond acceptors (Lipinski definition) is 5. The van der Waals surface area contributed by atoms with Crippen molar-refractivity contribution in [3.8, 4) is 0 Å². The molecular weight excluding hydrogens is 259 g/mol. The highest BCUT2D eigenvalue weighted by atomic mass is 19.1. The molecule has 0 aliphatic heterocycles. The Hall–Kier alpha value is -2.21. The predicted molar refractivity (Wildman–Crippen MR) is 76.0 cm³/mol. The van der Waals surface area contributed by atoms with E-state index in [1.54, 1.807) is 26.3 Å². The number of ether oxygens (including phenoxy) is 1. The minimum Gasteiger partial charge on any atom is -0.377 e. The summed E-state index contributed by atoms with van der Waals surface area (Å²) in [7, 11) is 3.39. The molecular formula is C14H17FN4O. The van der Waals surface area contributed by atoms with Crippen LogP contribution in [-0.4, -0.2) is 24.1 Å². The van der Waals surface area contributed by atoms with Gasteiger partial charge in [-0.05, 0) is 17.7 Å². The number of nitrogens with one attached hydrogen (secondary N) is 2. The van der Waals surface area contributed by atoms with Crippen molar-refractivity contribution in [3.05, 3.63) is 47.5 Å². The van der Waals surface area contributed by atoms with E-state index in [-0.39, 0.29) is 5.82 Å². The van der Waals surface area contributed by atoms with Crippen LogP contribution in [0.2, 0.25) is 0 Å². The molecule has 0 aliphatic rings. The largest absolute Gasteiger partial charge is 0.377 e. The third-order valence-corrected chi connectivity index (χ3v) is 2.69. The monoisotopic (exact) mass is 276 g/mol. The molecule has 1 aromatic heterocycles. The van der Waals surface area contributed by atoms with Gasteiger partial charge < -0.3 is 15.4 Å². The molecule has 0 fully saturated rings. The second-order valence-electron chi connectivity index (χ2n) is 4.22. The summed E-state index contributed by atoms with van der Waals surface area (Å²) in [6, 6.07) is 8.15. The van der Waals surface area contributed by atoms with Gasteiger partial charge in [-0.25, -0.2) is 14.4 Å². The van der Waals surface area contributed by atoms with E-state index in [0.717, 1.165) is 5.56 Å². The second kappa shape index (κ2) is 6.81. The van der Waals surface area contributed by atoms with E-state index >= 15 is 0 Å². The Morgan fingerprint density at radius 2 is 1.85 bits per heavy atom.